The third kappa shape index (κ3) is 7.76. The summed E-state index contributed by atoms with van der Waals surface area (Å²) in [6.07, 6.45) is 0.830. The molecule has 0 aromatic heterocycles. The van der Waals surface area contributed by atoms with Crippen LogP contribution in [0.1, 0.15) is 36.5 Å². The Morgan fingerprint density at radius 2 is 1.50 bits per heavy atom. The molecule has 202 valence electrons. The number of amides is 2. The van der Waals surface area contributed by atoms with Crippen LogP contribution in [0.3, 0.4) is 0 Å². The highest BCUT2D eigenvalue weighted by Crippen LogP contribution is 2.19. The van der Waals surface area contributed by atoms with Crippen LogP contribution >= 0.6 is 0 Å². The number of nitrogens with zero attached hydrogens (tertiary/aromatic N) is 2. The maximum absolute atomic E-state index is 13.7. The summed E-state index contributed by atoms with van der Waals surface area (Å²) in [5, 5.41) is 2.89. The van der Waals surface area contributed by atoms with Crippen molar-refractivity contribution in [1.29, 1.82) is 0 Å². The van der Waals surface area contributed by atoms with E-state index in [2.05, 4.69) is 5.32 Å². The Hall–Kier alpha value is -3.49. The summed E-state index contributed by atoms with van der Waals surface area (Å²) in [7, 11) is -2.13. The van der Waals surface area contributed by atoms with Crippen molar-refractivity contribution in [2.45, 2.75) is 50.6 Å². The zero-order chi connectivity index (χ0) is 27.5. The van der Waals surface area contributed by atoms with Crippen LogP contribution in [0.2, 0.25) is 0 Å². The molecule has 2 amide bonds. The molecule has 0 heterocycles. The van der Waals surface area contributed by atoms with Crippen LogP contribution in [0.5, 0.6) is 0 Å². The van der Waals surface area contributed by atoms with Gasteiger partial charge in [-0.15, -0.1) is 0 Å². The standard InChI is InChI=1S/C30H37N3O4S/c1-4-31-30(35)28(22-25-15-7-5-8-16-25)33(23-26-17-12-11-14-24(26)2)29(34)20-13-21-32(3)38(36,37)27-18-9-6-10-19-27/h5-12,14-19,28H,4,13,20-23H2,1-3H3,(H,31,35). The molecular weight excluding hydrogens is 498 g/mol. The van der Waals surface area contributed by atoms with Crippen LogP contribution in [0, 0.1) is 6.92 Å². The van der Waals surface area contributed by atoms with Crippen LogP contribution in [-0.4, -0.2) is 55.6 Å². The number of hydrogen-bond donors (Lipinski definition) is 1. The Kier molecular flexibility index (Phi) is 10.6. The fourth-order valence-electron chi connectivity index (χ4n) is 4.31. The van der Waals surface area contributed by atoms with Gasteiger partial charge in [0.1, 0.15) is 6.04 Å². The second-order valence-electron chi connectivity index (χ2n) is 9.29. The minimum absolute atomic E-state index is 0.116. The average molecular weight is 536 g/mol. The smallest absolute Gasteiger partial charge is 0.243 e. The van der Waals surface area contributed by atoms with Crippen molar-refractivity contribution in [2.75, 3.05) is 20.1 Å². The first-order valence-electron chi connectivity index (χ1n) is 12.9. The van der Waals surface area contributed by atoms with Gasteiger partial charge in [-0.25, -0.2) is 12.7 Å². The van der Waals surface area contributed by atoms with E-state index in [1.807, 2.05) is 68.4 Å². The first kappa shape index (κ1) is 29.1. The first-order chi connectivity index (χ1) is 18.2. The predicted molar refractivity (Wildman–Crippen MR) is 150 cm³/mol. The molecule has 0 aliphatic rings. The van der Waals surface area contributed by atoms with Crippen molar-refractivity contribution in [2.24, 2.45) is 0 Å². The highest BCUT2D eigenvalue weighted by Gasteiger charge is 2.30. The third-order valence-electron chi connectivity index (χ3n) is 6.54. The zero-order valence-electron chi connectivity index (χ0n) is 22.3. The van der Waals surface area contributed by atoms with Gasteiger partial charge in [0.2, 0.25) is 21.8 Å². The van der Waals surface area contributed by atoms with E-state index >= 15 is 0 Å². The van der Waals surface area contributed by atoms with Gasteiger partial charge in [0.15, 0.2) is 0 Å². The van der Waals surface area contributed by atoms with E-state index in [0.29, 0.717) is 19.4 Å². The molecule has 0 saturated carbocycles. The third-order valence-corrected chi connectivity index (χ3v) is 8.41. The van der Waals surface area contributed by atoms with E-state index in [1.54, 1.807) is 35.2 Å². The lowest BCUT2D eigenvalue weighted by Crippen LogP contribution is -2.50. The van der Waals surface area contributed by atoms with E-state index in [4.69, 9.17) is 0 Å². The Labute approximate surface area is 226 Å². The largest absolute Gasteiger partial charge is 0.355 e. The van der Waals surface area contributed by atoms with Gasteiger partial charge in [-0.3, -0.25) is 9.59 Å². The molecule has 3 rings (SSSR count). The molecule has 0 radical (unpaired) electrons. The molecule has 0 fully saturated rings. The maximum atomic E-state index is 13.7. The maximum Gasteiger partial charge on any atom is 0.243 e. The number of sulfonamides is 1. The molecule has 3 aromatic rings. The summed E-state index contributed by atoms with van der Waals surface area (Å²) in [4.78, 5) is 28.8. The Balaban J connectivity index is 1.81. The van der Waals surface area contributed by atoms with Crippen molar-refractivity contribution in [3.05, 3.63) is 102 Å². The quantitative estimate of drug-likeness (QED) is 0.356. The summed E-state index contributed by atoms with van der Waals surface area (Å²) in [6, 6.07) is 25.0. The molecule has 0 aliphatic carbocycles. The molecule has 0 aliphatic heterocycles. The van der Waals surface area contributed by atoms with Crippen molar-refractivity contribution in [3.8, 4) is 0 Å². The second kappa shape index (κ2) is 13.9. The molecule has 0 saturated heterocycles. The molecule has 38 heavy (non-hydrogen) atoms. The molecule has 7 nitrogen and oxygen atoms in total. The lowest BCUT2D eigenvalue weighted by atomic mass is 10.0. The lowest BCUT2D eigenvalue weighted by Gasteiger charge is -2.32. The fourth-order valence-corrected chi connectivity index (χ4v) is 5.54. The molecule has 8 heteroatoms. The number of benzene rings is 3. The molecule has 0 bridgehead atoms. The van der Waals surface area contributed by atoms with Crippen molar-refractivity contribution in [1.82, 2.24) is 14.5 Å². The molecule has 3 aromatic carbocycles. The highest BCUT2D eigenvalue weighted by atomic mass is 32.2. The first-order valence-corrected chi connectivity index (χ1v) is 14.3. The number of nitrogens with one attached hydrogen (secondary N) is 1. The van der Waals surface area contributed by atoms with E-state index in [1.165, 1.54) is 11.4 Å². The van der Waals surface area contributed by atoms with E-state index in [9.17, 15) is 18.0 Å². The van der Waals surface area contributed by atoms with Crippen LogP contribution in [0.4, 0.5) is 0 Å². The van der Waals surface area contributed by atoms with Crippen molar-refractivity contribution < 1.29 is 18.0 Å². The topological polar surface area (TPSA) is 86.8 Å². The van der Waals surface area contributed by atoms with Gasteiger partial charge < -0.3 is 10.2 Å². The number of likely N-dealkylation sites (N-methyl/N-ethyl adjacent to an activating group) is 1. The summed E-state index contributed by atoms with van der Waals surface area (Å²) in [5.41, 5.74) is 2.96. The molecule has 1 unspecified atom stereocenters. The number of aryl methyl sites for hydroxylation is 1. The summed E-state index contributed by atoms with van der Waals surface area (Å²) < 4.78 is 27.0. The zero-order valence-corrected chi connectivity index (χ0v) is 23.2. The Bertz CT molecular complexity index is 1300. The SMILES string of the molecule is CCNC(=O)C(Cc1ccccc1)N(Cc1ccccc1C)C(=O)CCCN(C)S(=O)(=O)c1ccccc1. The van der Waals surface area contributed by atoms with E-state index < -0.39 is 16.1 Å². The number of carbonyl (C=O) groups excluding carboxylic acids is 2. The van der Waals surface area contributed by atoms with Crippen LogP contribution in [-0.2, 0) is 32.6 Å². The van der Waals surface area contributed by atoms with Crippen LogP contribution in [0.15, 0.2) is 89.8 Å². The van der Waals surface area contributed by atoms with Crippen LogP contribution < -0.4 is 5.32 Å². The average Bonchev–Trinajstić information content (AvgIpc) is 2.92. The lowest BCUT2D eigenvalue weighted by molar-refractivity contribution is -0.141. The summed E-state index contributed by atoms with van der Waals surface area (Å²) in [5.74, 6) is -0.395. The highest BCUT2D eigenvalue weighted by molar-refractivity contribution is 7.89. The van der Waals surface area contributed by atoms with Crippen molar-refractivity contribution in [3.63, 3.8) is 0 Å². The van der Waals surface area contributed by atoms with E-state index in [-0.39, 0.29) is 36.2 Å². The molecular formula is C30H37N3O4S. The van der Waals surface area contributed by atoms with Gasteiger partial charge in [-0.05, 0) is 49.1 Å². The monoisotopic (exact) mass is 535 g/mol. The minimum atomic E-state index is -3.64. The van der Waals surface area contributed by atoms with Crippen molar-refractivity contribution >= 4 is 21.8 Å². The molecule has 1 N–H and O–H groups in total. The fraction of sp³-hybridized carbons (Fsp3) is 0.333. The van der Waals surface area contributed by atoms with Crippen LogP contribution in [0.25, 0.3) is 0 Å². The second-order valence-corrected chi connectivity index (χ2v) is 11.3. The van der Waals surface area contributed by atoms with Gasteiger partial charge >= 0.3 is 0 Å². The predicted octanol–water partition coefficient (Wildman–Crippen LogP) is 4.17. The number of hydrogen-bond acceptors (Lipinski definition) is 4. The van der Waals surface area contributed by atoms with Gasteiger partial charge in [0.05, 0.1) is 4.90 Å². The number of carbonyl (C=O) groups is 2. The summed E-state index contributed by atoms with van der Waals surface area (Å²) >= 11 is 0. The Morgan fingerprint density at radius 3 is 2.13 bits per heavy atom. The summed E-state index contributed by atoms with van der Waals surface area (Å²) in [6.45, 7) is 4.77. The minimum Gasteiger partial charge on any atom is -0.355 e. The van der Waals surface area contributed by atoms with Gasteiger partial charge in [0.25, 0.3) is 0 Å². The van der Waals surface area contributed by atoms with Gasteiger partial charge in [-0.1, -0.05) is 72.8 Å². The van der Waals surface area contributed by atoms with Gasteiger partial charge in [0, 0.05) is 39.5 Å². The van der Waals surface area contributed by atoms with Gasteiger partial charge in [-0.2, -0.15) is 0 Å². The van der Waals surface area contributed by atoms with E-state index in [0.717, 1.165) is 16.7 Å². The Morgan fingerprint density at radius 1 is 0.895 bits per heavy atom. The molecule has 1 atom stereocenters. The number of rotatable bonds is 13. The normalized spacial score (nSPS) is 12.2. The molecule has 0 spiro atoms.